The number of likely N-dealkylation sites (N-methyl/N-ethyl adjacent to an activating group) is 1. The molecule has 0 spiro atoms. The Hall–Kier alpha value is -2.72. The summed E-state index contributed by atoms with van der Waals surface area (Å²) in [5.41, 5.74) is 9.96. The zero-order valence-electron chi connectivity index (χ0n) is 16.9. The number of anilines is 2. The number of amides is 1. The van der Waals surface area contributed by atoms with Crippen LogP contribution in [-0.2, 0) is 16.0 Å². The molecule has 1 saturated heterocycles. The monoisotopic (exact) mass is 421 g/mol. The van der Waals surface area contributed by atoms with E-state index in [1.54, 1.807) is 23.6 Å². The number of ether oxygens (including phenoxy) is 1. The Morgan fingerprint density at radius 3 is 2.53 bits per heavy atom. The molecule has 4 rings (SSSR count). The Morgan fingerprint density at radius 1 is 1.30 bits per heavy atom. The SMILES string of the molecule is CN[C@H]1CN(c2c(F)c(N)c3c(=O)c(CC(N)=O)cn(C4CC4)c3c2F)C[C@H]1OC. The summed E-state index contributed by atoms with van der Waals surface area (Å²) in [5, 5.41) is 2.84. The lowest BCUT2D eigenvalue weighted by Gasteiger charge is -2.23. The molecule has 8 nitrogen and oxygen atoms in total. The Balaban J connectivity index is 1.96. The maximum absolute atomic E-state index is 15.8. The molecule has 2 heterocycles. The van der Waals surface area contributed by atoms with Gasteiger partial charge in [0.05, 0.1) is 35.2 Å². The van der Waals surface area contributed by atoms with Crippen LogP contribution in [0, 0.1) is 11.6 Å². The normalized spacial score (nSPS) is 21.5. The highest BCUT2D eigenvalue weighted by Gasteiger charge is 2.37. The second kappa shape index (κ2) is 7.51. The lowest BCUT2D eigenvalue weighted by molar-refractivity contribution is -0.117. The van der Waals surface area contributed by atoms with E-state index in [1.165, 1.54) is 6.20 Å². The van der Waals surface area contributed by atoms with E-state index in [1.807, 2.05) is 0 Å². The van der Waals surface area contributed by atoms with Crippen LogP contribution in [0.25, 0.3) is 10.9 Å². The van der Waals surface area contributed by atoms with E-state index >= 15 is 8.78 Å². The molecule has 1 amide bonds. The number of hydrogen-bond acceptors (Lipinski definition) is 6. The van der Waals surface area contributed by atoms with Crippen LogP contribution in [0.5, 0.6) is 0 Å². The first-order valence-electron chi connectivity index (χ1n) is 9.85. The number of pyridine rings is 1. The van der Waals surface area contributed by atoms with Crippen molar-refractivity contribution < 1.29 is 18.3 Å². The van der Waals surface area contributed by atoms with Crippen molar-refractivity contribution in [2.45, 2.75) is 37.5 Å². The van der Waals surface area contributed by atoms with Gasteiger partial charge in [-0.05, 0) is 19.9 Å². The van der Waals surface area contributed by atoms with Gasteiger partial charge in [0.15, 0.2) is 17.1 Å². The summed E-state index contributed by atoms with van der Waals surface area (Å²) in [4.78, 5) is 25.9. The number of methoxy groups -OCH3 is 1. The van der Waals surface area contributed by atoms with Crippen LogP contribution in [0.3, 0.4) is 0 Å². The second-order valence-electron chi connectivity index (χ2n) is 7.95. The van der Waals surface area contributed by atoms with Gasteiger partial charge in [-0.3, -0.25) is 9.59 Å². The highest BCUT2D eigenvalue weighted by atomic mass is 19.1. The molecule has 0 unspecified atom stereocenters. The minimum Gasteiger partial charge on any atom is -0.396 e. The molecule has 10 heteroatoms. The Bertz CT molecular complexity index is 1070. The average molecular weight is 421 g/mol. The number of rotatable bonds is 6. The van der Waals surface area contributed by atoms with E-state index in [-0.39, 0.29) is 53.3 Å². The van der Waals surface area contributed by atoms with E-state index < -0.39 is 28.7 Å². The third kappa shape index (κ3) is 3.20. The number of benzene rings is 1. The molecule has 162 valence electrons. The average Bonchev–Trinajstić information content (AvgIpc) is 3.46. The van der Waals surface area contributed by atoms with Crippen molar-refractivity contribution in [1.82, 2.24) is 9.88 Å². The second-order valence-corrected chi connectivity index (χ2v) is 7.95. The molecule has 2 aliphatic rings. The third-order valence-corrected chi connectivity index (χ3v) is 6.00. The van der Waals surface area contributed by atoms with E-state index in [9.17, 15) is 9.59 Å². The van der Waals surface area contributed by atoms with Gasteiger partial charge < -0.3 is 31.0 Å². The van der Waals surface area contributed by atoms with Gasteiger partial charge in [-0.1, -0.05) is 0 Å². The predicted octanol–water partition coefficient (Wildman–Crippen LogP) is 0.648. The fourth-order valence-corrected chi connectivity index (χ4v) is 4.31. The molecule has 2 aromatic rings. The standard InChI is InChI=1S/C20H25F2N5O3/c1-25-11-7-26(8-12(11)30-2)19-15(21)17(24)14-18(16(19)22)27(10-3-4-10)6-9(20(14)29)5-13(23)28/h6,10-12,25H,3-5,7-8,24H2,1-2H3,(H2,23,28)/t11-,12+/m0/s1. The van der Waals surface area contributed by atoms with E-state index in [0.29, 0.717) is 6.54 Å². The molecule has 2 fully saturated rings. The van der Waals surface area contributed by atoms with E-state index in [4.69, 9.17) is 16.2 Å². The summed E-state index contributed by atoms with van der Waals surface area (Å²) in [7, 11) is 3.30. The van der Waals surface area contributed by atoms with Crippen LogP contribution < -0.4 is 27.1 Å². The molecule has 1 aliphatic carbocycles. The topological polar surface area (TPSA) is 116 Å². The summed E-state index contributed by atoms with van der Waals surface area (Å²) >= 11 is 0. The molecular weight excluding hydrogens is 396 g/mol. The van der Waals surface area contributed by atoms with Crippen LogP contribution in [0.2, 0.25) is 0 Å². The predicted molar refractivity (Wildman–Crippen MR) is 110 cm³/mol. The molecule has 0 bridgehead atoms. The van der Waals surface area contributed by atoms with E-state index in [2.05, 4.69) is 5.32 Å². The van der Waals surface area contributed by atoms with Gasteiger partial charge in [-0.25, -0.2) is 8.78 Å². The number of nitrogens with two attached hydrogens (primary N) is 2. The summed E-state index contributed by atoms with van der Waals surface area (Å²) in [6, 6.07) is -0.156. The minimum absolute atomic E-state index is 0.0357. The minimum atomic E-state index is -0.984. The zero-order chi connectivity index (χ0) is 21.7. The first-order chi connectivity index (χ1) is 14.3. The molecular formula is C20H25F2N5O3. The van der Waals surface area contributed by atoms with Crippen molar-refractivity contribution in [2.24, 2.45) is 5.73 Å². The number of carbonyl (C=O) groups is 1. The summed E-state index contributed by atoms with van der Waals surface area (Å²) in [5.74, 6) is -2.52. The van der Waals surface area contributed by atoms with Gasteiger partial charge in [-0.15, -0.1) is 0 Å². The maximum Gasteiger partial charge on any atom is 0.222 e. The fraction of sp³-hybridized carbons (Fsp3) is 0.500. The van der Waals surface area contributed by atoms with Crippen molar-refractivity contribution in [3.05, 3.63) is 33.6 Å². The lowest BCUT2D eigenvalue weighted by atomic mass is 10.0. The van der Waals surface area contributed by atoms with Crippen LogP contribution >= 0.6 is 0 Å². The van der Waals surface area contributed by atoms with Crippen LogP contribution in [0.1, 0.15) is 24.4 Å². The Kier molecular flexibility index (Phi) is 5.15. The van der Waals surface area contributed by atoms with Crippen molar-refractivity contribution in [2.75, 3.05) is 37.9 Å². The number of halogens is 2. The number of nitrogens with zero attached hydrogens (tertiary/aromatic N) is 2. The van der Waals surface area contributed by atoms with Gasteiger partial charge in [0, 0.05) is 38.0 Å². The smallest absolute Gasteiger partial charge is 0.222 e. The van der Waals surface area contributed by atoms with Gasteiger partial charge in [0.2, 0.25) is 5.91 Å². The highest BCUT2D eigenvalue weighted by molar-refractivity contribution is 5.96. The lowest BCUT2D eigenvalue weighted by Crippen LogP contribution is -2.37. The number of nitrogens with one attached hydrogen (secondary N) is 1. The molecule has 1 saturated carbocycles. The zero-order valence-corrected chi connectivity index (χ0v) is 16.9. The molecule has 0 radical (unpaired) electrons. The van der Waals surface area contributed by atoms with Crippen molar-refractivity contribution in [3.63, 3.8) is 0 Å². The number of primary amides is 1. The highest BCUT2D eigenvalue weighted by Crippen LogP contribution is 2.42. The maximum atomic E-state index is 15.8. The number of nitrogen functional groups attached to an aromatic ring is 1. The van der Waals surface area contributed by atoms with Gasteiger partial charge in [0.25, 0.3) is 0 Å². The number of fused-ring (bicyclic) bond motifs is 1. The molecule has 1 aliphatic heterocycles. The molecule has 2 atom stereocenters. The molecule has 30 heavy (non-hydrogen) atoms. The summed E-state index contributed by atoms with van der Waals surface area (Å²) < 4.78 is 38.1. The molecule has 5 N–H and O–H groups in total. The summed E-state index contributed by atoms with van der Waals surface area (Å²) in [6.07, 6.45) is 2.45. The van der Waals surface area contributed by atoms with Crippen LogP contribution in [0.15, 0.2) is 11.0 Å². The van der Waals surface area contributed by atoms with Crippen LogP contribution in [-0.4, -0.2) is 49.9 Å². The number of aromatic nitrogens is 1. The van der Waals surface area contributed by atoms with Crippen LogP contribution in [0.4, 0.5) is 20.2 Å². The summed E-state index contributed by atoms with van der Waals surface area (Å²) in [6.45, 7) is 0.593. The van der Waals surface area contributed by atoms with E-state index in [0.717, 1.165) is 12.8 Å². The van der Waals surface area contributed by atoms with Gasteiger partial charge in [-0.2, -0.15) is 0 Å². The van der Waals surface area contributed by atoms with Crippen molar-refractivity contribution >= 4 is 28.2 Å². The molecule has 1 aromatic carbocycles. The first-order valence-corrected chi connectivity index (χ1v) is 9.85. The van der Waals surface area contributed by atoms with Gasteiger partial charge >= 0.3 is 0 Å². The number of carbonyl (C=O) groups excluding carboxylic acids is 1. The van der Waals surface area contributed by atoms with Crippen molar-refractivity contribution in [3.8, 4) is 0 Å². The van der Waals surface area contributed by atoms with Crippen molar-refractivity contribution in [1.29, 1.82) is 0 Å². The third-order valence-electron chi connectivity index (χ3n) is 6.00. The van der Waals surface area contributed by atoms with Gasteiger partial charge in [0.1, 0.15) is 5.69 Å². The fourth-order valence-electron chi connectivity index (χ4n) is 4.31. The Labute approximate surface area is 171 Å². The number of hydrogen-bond donors (Lipinski definition) is 3. The Morgan fingerprint density at radius 2 is 2.00 bits per heavy atom. The molecule has 1 aromatic heterocycles. The quantitative estimate of drug-likeness (QED) is 0.590. The largest absolute Gasteiger partial charge is 0.396 e. The first kappa shape index (κ1) is 20.5.